The Hall–Kier alpha value is -1.56. The number of aliphatic imine (C=N–C) groups is 1. The maximum Gasteiger partial charge on any atom is 0.191 e. The predicted octanol–water partition coefficient (Wildman–Crippen LogP) is 2.34. The monoisotopic (exact) mass is 348 g/mol. The fourth-order valence-electron chi connectivity index (χ4n) is 3.36. The first-order valence-corrected chi connectivity index (χ1v) is 10.00. The quantitative estimate of drug-likeness (QED) is 0.387. The van der Waals surface area contributed by atoms with E-state index in [1.807, 2.05) is 23.1 Å². The molecule has 0 saturated carbocycles. The summed E-state index contributed by atoms with van der Waals surface area (Å²) in [7, 11) is 0. The van der Waals surface area contributed by atoms with E-state index in [4.69, 9.17) is 0 Å². The van der Waals surface area contributed by atoms with Crippen LogP contribution in [0.2, 0.25) is 0 Å². The van der Waals surface area contributed by atoms with Crippen LogP contribution in [-0.2, 0) is 6.54 Å². The third-order valence-electron chi connectivity index (χ3n) is 4.65. The second-order valence-corrected chi connectivity index (χ2v) is 7.07. The van der Waals surface area contributed by atoms with Crippen LogP contribution in [0.15, 0.2) is 23.5 Å². The molecule has 2 heterocycles. The molecule has 6 nitrogen and oxygen atoms in total. The Kier molecular flexibility index (Phi) is 9.41. The minimum atomic E-state index is 0.820. The molecule has 25 heavy (non-hydrogen) atoms. The van der Waals surface area contributed by atoms with E-state index >= 15 is 0 Å². The Bertz CT molecular complexity index is 470. The number of nitrogens with zero attached hydrogens (tertiary/aromatic N) is 4. The summed E-state index contributed by atoms with van der Waals surface area (Å²) >= 11 is 0. The Morgan fingerprint density at radius 2 is 2.16 bits per heavy atom. The van der Waals surface area contributed by atoms with Crippen molar-refractivity contribution in [2.45, 2.75) is 52.5 Å². The highest BCUT2D eigenvalue weighted by atomic mass is 15.3. The molecule has 1 aromatic rings. The Morgan fingerprint density at radius 3 is 2.92 bits per heavy atom. The number of piperidine rings is 1. The van der Waals surface area contributed by atoms with Crippen LogP contribution in [-0.4, -0.2) is 59.9 Å². The van der Waals surface area contributed by atoms with Gasteiger partial charge in [-0.1, -0.05) is 6.92 Å². The second-order valence-electron chi connectivity index (χ2n) is 7.07. The van der Waals surface area contributed by atoms with Gasteiger partial charge < -0.3 is 15.5 Å². The van der Waals surface area contributed by atoms with E-state index in [9.17, 15) is 0 Å². The van der Waals surface area contributed by atoms with E-state index in [1.54, 1.807) is 0 Å². The summed E-state index contributed by atoms with van der Waals surface area (Å²) < 4.78 is 1.96. The van der Waals surface area contributed by atoms with Crippen LogP contribution >= 0.6 is 0 Å². The smallest absolute Gasteiger partial charge is 0.191 e. The topological polar surface area (TPSA) is 57.5 Å². The van der Waals surface area contributed by atoms with Crippen LogP contribution in [0.25, 0.3) is 0 Å². The van der Waals surface area contributed by atoms with Gasteiger partial charge in [-0.15, -0.1) is 0 Å². The van der Waals surface area contributed by atoms with Gasteiger partial charge in [0.25, 0.3) is 0 Å². The van der Waals surface area contributed by atoms with Crippen molar-refractivity contribution in [1.29, 1.82) is 0 Å². The highest BCUT2D eigenvalue weighted by molar-refractivity contribution is 5.79. The normalized spacial score (nSPS) is 19.1. The minimum absolute atomic E-state index is 0.820. The number of unbranched alkanes of at least 4 members (excludes halogenated alkanes) is 1. The zero-order chi connectivity index (χ0) is 17.7. The number of guanidine groups is 1. The molecule has 0 bridgehead atoms. The number of hydrogen-bond acceptors (Lipinski definition) is 3. The molecule has 0 spiro atoms. The summed E-state index contributed by atoms with van der Waals surface area (Å²) in [6.07, 6.45) is 10.1. The molecule has 1 saturated heterocycles. The highest BCUT2D eigenvalue weighted by Gasteiger charge is 2.15. The Balaban J connectivity index is 1.55. The molecule has 1 atom stereocenters. The lowest BCUT2D eigenvalue weighted by Crippen LogP contribution is -2.38. The molecule has 0 radical (unpaired) electrons. The van der Waals surface area contributed by atoms with Gasteiger partial charge in [0.2, 0.25) is 0 Å². The molecule has 0 aliphatic carbocycles. The largest absolute Gasteiger partial charge is 0.357 e. The standard InChI is InChI=1S/C19H36N6/c1-3-20-19(22-11-7-15-25-16-8-12-23-25)21-10-4-5-13-24-14-6-9-18(2)17-24/h8,12,16,18H,3-7,9-11,13-15,17H2,1-2H3,(H2,20,21,22). The fraction of sp³-hybridized carbons (Fsp3) is 0.789. The van der Waals surface area contributed by atoms with Crippen LogP contribution in [0, 0.1) is 5.92 Å². The maximum atomic E-state index is 4.65. The van der Waals surface area contributed by atoms with Gasteiger partial charge in [0.05, 0.1) is 0 Å². The molecule has 2 N–H and O–H groups in total. The summed E-state index contributed by atoms with van der Waals surface area (Å²) in [5, 5.41) is 11.0. The predicted molar refractivity (Wildman–Crippen MR) is 105 cm³/mol. The molecular weight excluding hydrogens is 312 g/mol. The van der Waals surface area contributed by atoms with Crippen LogP contribution in [0.4, 0.5) is 0 Å². The number of aryl methyl sites for hydroxylation is 1. The van der Waals surface area contributed by atoms with Gasteiger partial charge in [0, 0.05) is 45.1 Å². The first kappa shape index (κ1) is 19.8. The number of hydrogen-bond donors (Lipinski definition) is 2. The van der Waals surface area contributed by atoms with E-state index in [0.29, 0.717) is 0 Å². The average molecular weight is 349 g/mol. The lowest BCUT2D eigenvalue weighted by atomic mass is 10.0. The van der Waals surface area contributed by atoms with E-state index in [1.165, 1.54) is 45.3 Å². The minimum Gasteiger partial charge on any atom is -0.357 e. The summed E-state index contributed by atoms with van der Waals surface area (Å²) in [6, 6.07) is 1.96. The molecule has 1 aliphatic rings. The molecular formula is C19H36N6. The van der Waals surface area contributed by atoms with Gasteiger partial charge in [-0.25, -0.2) is 0 Å². The van der Waals surface area contributed by atoms with Crippen LogP contribution in [0.1, 0.15) is 46.0 Å². The SMILES string of the molecule is CCNC(=NCCCn1cccn1)NCCCCN1CCCC(C)C1. The van der Waals surface area contributed by atoms with Gasteiger partial charge in [0.1, 0.15) is 0 Å². The van der Waals surface area contributed by atoms with Gasteiger partial charge in [0.15, 0.2) is 5.96 Å². The zero-order valence-electron chi connectivity index (χ0n) is 16.1. The third kappa shape index (κ3) is 8.38. The zero-order valence-corrected chi connectivity index (χ0v) is 16.1. The maximum absolute atomic E-state index is 4.65. The van der Waals surface area contributed by atoms with Gasteiger partial charge in [-0.05, 0) is 64.1 Å². The fourth-order valence-corrected chi connectivity index (χ4v) is 3.36. The van der Waals surface area contributed by atoms with Crippen molar-refractivity contribution in [3.8, 4) is 0 Å². The molecule has 0 amide bonds. The molecule has 1 aromatic heterocycles. The van der Waals surface area contributed by atoms with Crippen molar-refractivity contribution in [2.24, 2.45) is 10.9 Å². The third-order valence-corrected chi connectivity index (χ3v) is 4.65. The summed E-state index contributed by atoms with van der Waals surface area (Å²) in [5.74, 6) is 1.82. The van der Waals surface area contributed by atoms with Crippen LogP contribution in [0.5, 0.6) is 0 Å². The van der Waals surface area contributed by atoms with E-state index < -0.39 is 0 Å². The van der Waals surface area contributed by atoms with Crippen LogP contribution < -0.4 is 10.6 Å². The highest BCUT2D eigenvalue weighted by Crippen LogP contribution is 2.15. The lowest BCUT2D eigenvalue weighted by molar-refractivity contribution is 0.181. The Labute approximate surface area is 153 Å². The summed E-state index contributed by atoms with van der Waals surface area (Å²) in [6.45, 7) is 11.9. The van der Waals surface area contributed by atoms with Crippen LogP contribution in [0.3, 0.4) is 0 Å². The Morgan fingerprint density at radius 1 is 1.24 bits per heavy atom. The van der Waals surface area contributed by atoms with Crippen molar-refractivity contribution >= 4 is 5.96 Å². The number of likely N-dealkylation sites (tertiary alicyclic amines) is 1. The average Bonchev–Trinajstić information content (AvgIpc) is 3.12. The molecule has 1 unspecified atom stereocenters. The van der Waals surface area contributed by atoms with E-state index in [2.05, 4.69) is 39.5 Å². The van der Waals surface area contributed by atoms with Gasteiger partial charge in [-0.2, -0.15) is 5.10 Å². The summed E-state index contributed by atoms with van der Waals surface area (Å²) in [4.78, 5) is 7.28. The van der Waals surface area contributed by atoms with Crippen molar-refractivity contribution in [3.05, 3.63) is 18.5 Å². The van der Waals surface area contributed by atoms with E-state index in [0.717, 1.165) is 44.5 Å². The lowest BCUT2D eigenvalue weighted by Gasteiger charge is -2.30. The van der Waals surface area contributed by atoms with Crippen molar-refractivity contribution in [1.82, 2.24) is 25.3 Å². The number of aromatic nitrogens is 2. The van der Waals surface area contributed by atoms with Crippen molar-refractivity contribution < 1.29 is 0 Å². The first-order chi connectivity index (χ1) is 12.3. The number of nitrogens with one attached hydrogen (secondary N) is 2. The van der Waals surface area contributed by atoms with E-state index in [-0.39, 0.29) is 0 Å². The first-order valence-electron chi connectivity index (χ1n) is 10.00. The van der Waals surface area contributed by atoms with Gasteiger partial charge >= 0.3 is 0 Å². The second kappa shape index (κ2) is 11.9. The molecule has 0 aromatic carbocycles. The molecule has 1 aliphatic heterocycles. The van der Waals surface area contributed by atoms with Crippen molar-refractivity contribution in [3.63, 3.8) is 0 Å². The molecule has 2 rings (SSSR count). The molecule has 1 fully saturated rings. The molecule has 6 heteroatoms. The van der Waals surface area contributed by atoms with Gasteiger partial charge in [-0.3, -0.25) is 9.67 Å². The molecule has 142 valence electrons. The summed E-state index contributed by atoms with van der Waals surface area (Å²) in [5.41, 5.74) is 0. The van der Waals surface area contributed by atoms with Crippen molar-refractivity contribution in [2.75, 3.05) is 39.3 Å². The number of rotatable bonds is 10.